The van der Waals surface area contributed by atoms with Crippen molar-refractivity contribution in [2.24, 2.45) is 11.8 Å². The van der Waals surface area contributed by atoms with Crippen LogP contribution in [0.1, 0.15) is 62.3 Å². The molecule has 1 aliphatic rings. The Bertz CT molecular complexity index is 777. The zero-order valence-corrected chi connectivity index (χ0v) is 16.3. The van der Waals surface area contributed by atoms with Crippen molar-refractivity contribution in [2.45, 2.75) is 59.9 Å². The average molecular weight is 348 g/mol. The molecule has 0 unspecified atom stereocenters. The van der Waals surface area contributed by atoms with Gasteiger partial charge in [0, 0.05) is 4.88 Å². The van der Waals surface area contributed by atoms with Crippen LogP contribution in [0, 0.1) is 25.7 Å². The Kier molecular flexibility index (Phi) is 5.11. The summed E-state index contributed by atoms with van der Waals surface area (Å²) in [6.07, 6.45) is 3.79. The molecule has 0 aromatic carbocycles. The van der Waals surface area contributed by atoms with Gasteiger partial charge in [-0.3, -0.25) is 9.69 Å². The van der Waals surface area contributed by atoms with Gasteiger partial charge in [0.25, 0.3) is 5.56 Å². The molecule has 132 valence electrons. The highest BCUT2D eigenvalue weighted by atomic mass is 32.1. The number of nitrogens with one attached hydrogen (secondary N) is 1. The number of rotatable bonds is 3. The molecular formula is C19H29N3OS. The zero-order valence-electron chi connectivity index (χ0n) is 15.5. The van der Waals surface area contributed by atoms with Crippen molar-refractivity contribution >= 4 is 21.6 Å². The number of thiophene rings is 1. The number of hydrogen-bond acceptors (Lipinski definition) is 4. The molecule has 0 amide bonds. The van der Waals surface area contributed by atoms with E-state index in [9.17, 15) is 4.79 Å². The summed E-state index contributed by atoms with van der Waals surface area (Å²) >= 11 is 1.63. The molecule has 2 aromatic heterocycles. The maximum absolute atomic E-state index is 12.5. The average Bonchev–Trinajstić information content (AvgIpc) is 2.72. The summed E-state index contributed by atoms with van der Waals surface area (Å²) in [5, 5.41) is 0.768. The summed E-state index contributed by atoms with van der Waals surface area (Å²) in [6.45, 7) is 13.1. The number of H-pyrrole nitrogens is 1. The van der Waals surface area contributed by atoms with Crippen molar-refractivity contribution in [2.75, 3.05) is 13.1 Å². The van der Waals surface area contributed by atoms with Gasteiger partial charge >= 0.3 is 0 Å². The summed E-state index contributed by atoms with van der Waals surface area (Å²) in [5.41, 5.74) is 1.08. The highest BCUT2D eigenvalue weighted by Crippen LogP contribution is 2.30. The van der Waals surface area contributed by atoms with Crippen LogP contribution in [0.4, 0.5) is 0 Å². The third-order valence-corrected chi connectivity index (χ3v) is 6.85. The van der Waals surface area contributed by atoms with Gasteiger partial charge in [-0.2, -0.15) is 0 Å². The minimum Gasteiger partial charge on any atom is -0.309 e. The molecule has 1 fully saturated rings. The molecule has 0 bridgehead atoms. The highest BCUT2D eigenvalue weighted by molar-refractivity contribution is 7.18. The lowest BCUT2D eigenvalue weighted by Gasteiger charge is -2.27. The van der Waals surface area contributed by atoms with Crippen LogP contribution in [0.15, 0.2) is 4.79 Å². The van der Waals surface area contributed by atoms with E-state index < -0.39 is 0 Å². The molecule has 1 aliphatic heterocycles. The molecule has 0 spiro atoms. The van der Waals surface area contributed by atoms with E-state index in [4.69, 9.17) is 4.98 Å². The fourth-order valence-electron chi connectivity index (χ4n) is 3.84. The van der Waals surface area contributed by atoms with Crippen molar-refractivity contribution in [1.82, 2.24) is 14.9 Å². The second-order valence-electron chi connectivity index (χ2n) is 7.56. The molecule has 3 heterocycles. The van der Waals surface area contributed by atoms with E-state index in [-0.39, 0.29) is 11.6 Å². The Labute approximate surface area is 148 Å². The van der Waals surface area contributed by atoms with E-state index in [1.807, 2.05) is 6.92 Å². The summed E-state index contributed by atoms with van der Waals surface area (Å²) in [4.78, 5) is 24.9. The number of nitrogens with zero attached hydrogens (tertiary/aromatic N) is 2. The fraction of sp³-hybridized carbons (Fsp3) is 0.684. The molecule has 1 saturated heterocycles. The SMILES string of the molecule is Cc1sc2nc([C@H](C)N3CCC[C@H](C(C)C)CC3)[nH]c(=O)c2c1C. The van der Waals surface area contributed by atoms with E-state index in [1.54, 1.807) is 11.3 Å². The van der Waals surface area contributed by atoms with Gasteiger partial charge in [0.05, 0.1) is 11.4 Å². The third kappa shape index (κ3) is 3.29. The smallest absolute Gasteiger partial charge is 0.259 e. The molecule has 4 nitrogen and oxygen atoms in total. The minimum absolute atomic E-state index is 0.0126. The maximum atomic E-state index is 12.5. The number of hydrogen-bond donors (Lipinski definition) is 1. The molecule has 2 aromatic rings. The van der Waals surface area contributed by atoms with E-state index in [0.717, 1.165) is 46.5 Å². The number of fused-ring (bicyclic) bond motifs is 1. The Morgan fingerprint density at radius 1 is 1.21 bits per heavy atom. The van der Waals surface area contributed by atoms with E-state index in [1.165, 1.54) is 24.1 Å². The van der Waals surface area contributed by atoms with Gasteiger partial charge in [-0.05, 0) is 70.5 Å². The van der Waals surface area contributed by atoms with Crippen LogP contribution in [0.5, 0.6) is 0 Å². The van der Waals surface area contributed by atoms with Gasteiger partial charge in [-0.1, -0.05) is 13.8 Å². The summed E-state index contributed by atoms with van der Waals surface area (Å²) in [6, 6.07) is 0.163. The van der Waals surface area contributed by atoms with Crippen molar-refractivity contribution in [3.8, 4) is 0 Å². The molecule has 1 N–H and O–H groups in total. The fourth-order valence-corrected chi connectivity index (χ4v) is 4.88. The molecule has 0 aliphatic carbocycles. The van der Waals surface area contributed by atoms with E-state index >= 15 is 0 Å². The summed E-state index contributed by atoms with van der Waals surface area (Å²) in [5.74, 6) is 2.39. The van der Waals surface area contributed by atoms with Crippen molar-refractivity contribution in [1.29, 1.82) is 0 Å². The van der Waals surface area contributed by atoms with Crippen molar-refractivity contribution in [3.05, 3.63) is 26.6 Å². The van der Waals surface area contributed by atoms with E-state index in [2.05, 4.69) is 37.6 Å². The van der Waals surface area contributed by atoms with E-state index in [0.29, 0.717) is 0 Å². The van der Waals surface area contributed by atoms with Crippen LogP contribution in [0.2, 0.25) is 0 Å². The number of aromatic amines is 1. The normalized spacial score (nSPS) is 21.3. The number of likely N-dealkylation sites (tertiary alicyclic amines) is 1. The van der Waals surface area contributed by atoms with Crippen LogP contribution in [-0.4, -0.2) is 28.0 Å². The molecule has 0 saturated carbocycles. The second-order valence-corrected chi connectivity index (χ2v) is 8.76. The lowest BCUT2D eigenvalue weighted by Crippen LogP contribution is -2.30. The predicted octanol–water partition coefficient (Wildman–Crippen LogP) is 4.42. The van der Waals surface area contributed by atoms with Crippen LogP contribution in [0.3, 0.4) is 0 Å². The van der Waals surface area contributed by atoms with Gasteiger partial charge in [0.1, 0.15) is 10.7 Å². The molecule has 5 heteroatoms. The molecular weight excluding hydrogens is 318 g/mol. The van der Waals surface area contributed by atoms with Crippen LogP contribution in [0.25, 0.3) is 10.2 Å². The third-order valence-electron chi connectivity index (χ3n) is 5.75. The maximum Gasteiger partial charge on any atom is 0.259 e. The number of aromatic nitrogens is 2. The van der Waals surface area contributed by atoms with Crippen LogP contribution in [-0.2, 0) is 0 Å². The van der Waals surface area contributed by atoms with Crippen molar-refractivity contribution in [3.63, 3.8) is 0 Å². The van der Waals surface area contributed by atoms with Gasteiger partial charge in [0.15, 0.2) is 0 Å². The van der Waals surface area contributed by atoms with Crippen LogP contribution >= 0.6 is 11.3 Å². The molecule has 0 radical (unpaired) electrons. The van der Waals surface area contributed by atoms with Gasteiger partial charge < -0.3 is 4.98 Å². The summed E-state index contributed by atoms with van der Waals surface area (Å²) in [7, 11) is 0. The second kappa shape index (κ2) is 6.96. The minimum atomic E-state index is 0.0126. The first kappa shape index (κ1) is 17.6. The van der Waals surface area contributed by atoms with Crippen molar-refractivity contribution < 1.29 is 0 Å². The Hall–Kier alpha value is -1.20. The molecule has 24 heavy (non-hydrogen) atoms. The Morgan fingerprint density at radius 3 is 2.67 bits per heavy atom. The first-order valence-electron chi connectivity index (χ1n) is 9.12. The molecule has 3 rings (SSSR count). The largest absolute Gasteiger partial charge is 0.309 e. The molecule has 2 atom stereocenters. The first-order chi connectivity index (χ1) is 11.4. The topological polar surface area (TPSA) is 49.0 Å². The van der Waals surface area contributed by atoms with Crippen LogP contribution < -0.4 is 5.56 Å². The standard InChI is InChI=1S/C19H29N3OS/c1-11(2)15-7-6-9-22(10-8-15)13(4)17-20-18(23)16-12(3)14(5)24-19(16)21-17/h11,13,15H,6-10H2,1-5H3,(H,20,21,23)/t13-,15-/m0/s1. The number of aryl methyl sites for hydroxylation is 2. The Morgan fingerprint density at radius 2 is 1.96 bits per heavy atom. The highest BCUT2D eigenvalue weighted by Gasteiger charge is 2.25. The van der Waals surface area contributed by atoms with Gasteiger partial charge in [-0.25, -0.2) is 4.98 Å². The zero-order chi connectivity index (χ0) is 17.4. The first-order valence-corrected chi connectivity index (χ1v) is 9.94. The van der Waals surface area contributed by atoms with Gasteiger partial charge in [-0.15, -0.1) is 11.3 Å². The van der Waals surface area contributed by atoms with Gasteiger partial charge in [0.2, 0.25) is 0 Å². The lowest BCUT2D eigenvalue weighted by atomic mass is 9.89. The monoisotopic (exact) mass is 347 g/mol. The quantitative estimate of drug-likeness (QED) is 0.894. The predicted molar refractivity (Wildman–Crippen MR) is 102 cm³/mol. The lowest BCUT2D eigenvalue weighted by molar-refractivity contribution is 0.205. The Balaban J connectivity index is 1.86. The summed E-state index contributed by atoms with van der Waals surface area (Å²) < 4.78 is 0.